The van der Waals surface area contributed by atoms with E-state index >= 15 is 0 Å². The van der Waals surface area contributed by atoms with Gasteiger partial charge >= 0.3 is 0 Å². The van der Waals surface area contributed by atoms with Crippen LogP contribution in [-0.4, -0.2) is 25.2 Å². The summed E-state index contributed by atoms with van der Waals surface area (Å²) in [5.41, 5.74) is 4.81. The summed E-state index contributed by atoms with van der Waals surface area (Å²) in [6, 6.07) is 23.6. The Kier molecular flexibility index (Phi) is 5.36. The van der Waals surface area contributed by atoms with E-state index in [1.165, 1.54) is 36.8 Å². The van der Waals surface area contributed by atoms with Gasteiger partial charge in [0.25, 0.3) is 0 Å². The van der Waals surface area contributed by atoms with Crippen molar-refractivity contribution in [3.8, 4) is 17.1 Å². The van der Waals surface area contributed by atoms with Crippen LogP contribution in [0.3, 0.4) is 0 Å². The Hall–Kier alpha value is -3.54. The van der Waals surface area contributed by atoms with Gasteiger partial charge < -0.3 is 4.74 Å². The van der Waals surface area contributed by atoms with Crippen LogP contribution < -0.4 is 4.74 Å². The van der Waals surface area contributed by atoms with Gasteiger partial charge in [0.2, 0.25) is 5.82 Å². The van der Waals surface area contributed by atoms with Crippen molar-refractivity contribution in [2.45, 2.75) is 51.2 Å². The van der Waals surface area contributed by atoms with Crippen molar-refractivity contribution >= 4 is 0 Å². The first-order valence-electron chi connectivity index (χ1n) is 12.3. The molecule has 0 amide bonds. The largest absolute Gasteiger partial charge is 0.487 e. The van der Waals surface area contributed by atoms with Crippen molar-refractivity contribution < 1.29 is 4.74 Å². The van der Waals surface area contributed by atoms with Crippen molar-refractivity contribution in [3.05, 3.63) is 89.7 Å². The lowest BCUT2D eigenvalue weighted by Gasteiger charge is -2.39. The minimum absolute atomic E-state index is 0.0649. The summed E-state index contributed by atoms with van der Waals surface area (Å²) in [6.45, 7) is 3.22. The van der Waals surface area contributed by atoms with E-state index in [0.717, 1.165) is 29.5 Å². The number of fused-ring (bicyclic) bond motifs is 2. The predicted molar refractivity (Wildman–Crippen MR) is 130 cm³/mol. The molecule has 0 spiro atoms. The predicted octanol–water partition coefficient (Wildman–Crippen LogP) is 5.44. The number of aromatic nitrogens is 5. The van der Waals surface area contributed by atoms with Gasteiger partial charge in [-0.2, -0.15) is 4.80 Å². The van der Waals surface area contributed by atoms with Crippen LogP contribution in [-0.2, 0) is 18.6 Å². The highest BCUT2D eigenvalue weighted by Crippen LogP contribution is 2.60. The molecule has 3 atom stereocenters. The fourth-order valence-corrected chi connectivity index (χ4v) is 6.10. The lowest BCUT2D eigenvalue weighted by atomic mass is 9.64. The second kappa shape index (κ2) is 8.67. The van der Waals surface area contributed by atoms with Gasteiger partial charge in [-0.15, -0.1) is 10.2 Å². The van der Waals surface area contributed by atoms with E-state index in [9.17, 15) is 0 Å². The van der Waals surface area contributed by atoms with Gasteiger partial charge in [0.05, 0.1) is 12.2 Å². The lowest BCUT2D eigenvalue weighted by molar-refractivity contribution is 0.299. The summed E-state index contributed by atoms with van der Waals surface area (Å²) in [4.78, 5) is 5.97. The van der Waals surface area contributed by atoms with E-state index in [1.54, 1.807) is 11.0 Å². The number of benzene rings is 2. The molecular formula is C28H29N5O. The summed E-state index contributed by atoms with van der Waals surface area (Å²) in [7, 11) is 0. The summed E-state index contributed by atoms with van der Waals surface area (Å²) in [6.07, 6.45) is 7.01. The zero-order valence-electron chi connectivity index (χ0n) is 19.5. The molecule has 172 valence electrons. The summed E-state index contributed by atoms with van der Waals surface area (Å²) < 4.78 is 6.00. The van der Waals surface area contributed by atoms with E-state index < -0.39 is 0 Å². The average Bonchev–Trinajstić information content (AvgIpc) is 3.65. The number of ether oxygens (including phenoxy) is 1. The second-order valence-corrected chi connectivity index (χ2v) is 9.56. The molecular weight excluding hydrogens is 422 g/mol. The van der Waals surface area contributed by atoms with Crippen molar-refractivity contribution in [3.63, 3.8) is 0 Å². The Morgan fingerprint density at radius 2 is 1.76 bits per heavy atom. The van der Waals surface area contributed by atoms with Crippen molar-refractivity contribution in [1.82, 2.24) is 25.2 Å². The normalized spacial score (nSPS) is 23.3. The molecule has 0 radical (unpaired) electrons. The zero-order chi connectivity index (χ0) is 23.0. The van der Waals surface area contributed by atoms with Crippen molar-refractivity contribution in [2.24, 2.45) is 11.8 Å². The molecule has 0 aliphatic heterocycles. The van der Waals surface area contributed by atoms with E-state index in [-0.39, 0.29) is 5.41 Å². The quantitative estimate of drug-likeness (QED) is 0.374. The van der Waals surface area contributed by atoms with Gasteiger partial charge in [-0.05, 0) is 78.6 Å². The fourth-order valence-electron chi connectivity index (χ4n) is 6.10. The maximum absolute atomic E-state index is 6.00. The molecule has 2 aromatic carbocycles. The molecule has 4 aromatic rings. The number of hydrogen-bond acceptors (Lipinski definition) is 5. The minimum Gasteiger partial charge on any atom is -0.487 e. The Bertz CT molecular complexity index is 1250. The maximum Gasteiger partial charge on any atom is 0.204 e. The highest BCUT2D eigenvalue weighted by Gasteiger charge is 2.52. The molecule has 34 heavy (non-hydrogen) atoms. The summed E-state index contributed by atoms with van der Waals surface area (Å²) >= 11 is 0. The Morgan fingerprint density at radius 3 is 2.38 bits per heavy atom. The van der Waals surface area contributed by atoms with Crippen molar-refractivity contribution in [2.75, 3.05) is 0 Å². The number of rotatable bonds is 7. The third kappa shape index (κ3) is 3.67. The molecule has 3 unspecified atom stereocenters. The second-order valence-electron chi connectivity index (χ2n) is 9.56. The molecule has 6 heteroatoms. The minimum atomic E-state index is 0.0649. The molecule has 6 nitrogen and oxygen atoms in total. The Morgan fingerprint density at radius 1 is 0.971 bits per heavy atom. The lowest BCUT2D eigenvalue weighted by Crippen LogP contribution is -2.34. The third-order valence-electron chi connectivity index (χ3n) is 7.73. The first-order chi connectivity index (χ1) is 16.7. The van der Waals surface area contributed by atoms with E-state index in [4.69, 9.17) is 4.74 Å². The van der Waals surface area contributed by atoms with E-state index in [1.807, 2.05) is 25.1 Å². The van der Waals surface area contributed by atoms with Crippen LogP contribution >= 0.6 is 0 Å². The van der Waals surface area contributed by atoms with E-state index in [0.29, 0.717) is 18.3 Å². The Balaban J connectivity index is 1.28. The van der Waals surface area contributed by atoms with Gasteiger partial charge in [-0.25, -0.2) is 0 Å². The topological polar surface area (TPSA) is 65.7 Å². The third-order valence-corrected chi connectivity index (χ3v) is 7.73. The van der Waals surface area contributed by atoms with Crippen LogP contribution in [0.1, 0.15) is 49.4 Å². The molecule has 6 rings (SSSR count). The van der Waals surface area contributed by atoms with Crippen molar-refractivity contribution in [1.29, 1.82) is 0 Å². The molecule has 0 N–H and O–H groups in total. The standard InChI is InChI=1S/C28H29N5O/c1-2-33-31-27(30-32-33)21-7-10-22(11-8-21)28(18-20-6-9-24(28)17-20)23-12-14-26(15-13-23)34-19-25-5-3-4-16-29-25/h3-5,7-8,10-16,20,24H,2,6,9,17-19H2,1H3. The molecule has 2 aliphatic rings. The van der Waals surface area contributed by atoms with Gasteiger partial charge in [0, 0.05) is 17.2 Å². The highest BCUT2D eigenvalue weighted by atomic mass is 16.5. The molecule has 2 bridgehead atoms. The van der Waals surface area contributed by atoms with Gasteiger partial charge in [0.1, 0.15) is 12.4 Å². The monoisotopic (exact) mass is 451 g/mol. The molecule has 2 aromatic heterocycles. The molecule has 2 heterocycles. The molecule has 2 saturated carbocycles. The molecule has 0 saturated heterocycles. The smallest absolute Gasteiger partial charge is 0.204 e. The molecule has 2 aliphatic carbocycles. The van der Waals surface area contributed by atoms with Crippen LogP contribution in [0.4, 0.5) is 0 Å². The van der Waals surface area contributed by atoms with Crippen LogP contribution in [0.15, 0.2) is 72.9 Å². The first-order valence-corrected chi connectivity index (χ1v) is 12.3. The number of tetrazole rings is 1. The first kappa shape index (κ1) is 21.0. The summed E-state index contributed by atoms with van der Waals surface area (Å²) in [5.74, 6) is 3.07. The number of aryl methyl sites for hydroxylation is 1. The van der Waals surface area contributed by atoms with Crippen LogP contribution in [0.5, 0.6) is 5.75 Å². The Labute approximate surface area is 200 Å². The van der Waals surface area contributed by atoms with Gasteiger partial charge in [-0.3, -0.25) is 4.98 Å². The maximum atomic E-state index is 6.00. The van der Waals surface area contributed by atoms with E-state index in [2.05, 4.69) is 68.9 Å². The van der Waals surface area contributed by atoms with Crippen LogP contribution in [0.25, 0.3) is 11.4 Å². The highest BCUT2D eigenvalue weighted by molar-refractivity contribution is 5.56. The number of pyridine rings is 1. The molecule has 2 fully saturated rings. The number of nitrogens with zero attached hydrogens (tertiary/aromatic N) is 5. The summed E-state index contributed by atoms with van der Waals surface area (Å²) in [5, 5.41) is 12.8. The van der Waals surface area contributed by atoms with Crippen LogP contribution in [0.2, 0.25) is 0 Å². The zero-order valence-corrected chi connectivity index (χ0v) is 19.5. The van der Waals surface area contributed by atoms with Gasteiger partial charge in [0.15, 0.2) is 0 Å². The number of hydrogen-bond donors (Lipinski definition) is 0. The fraction of sp³-hybridized carbons (Fsp3) is 0.357. The SMILES string of the molecule is CCn1nnc(-c2ccc(C3(c4ccc(OCc5ccccn5)cc4)CC4CCC3C4)cc2)n1. The van der Waals surface area contributed by atoms with Gasteiger partial charge in [-0.1, -0.05) is 48.9 Å². The van der Waals surface area contributed by atoms with Crippen LogP contribution in [0, 0.1) is 11.8 Å². The average molecular weight is 452 g/mol.